The van der Waals surface area contributed by atoms with Gasteiger partial charge in [0.25, 0.3) is 0 Å². The first-order valence-electron chi connectivity index (χ1n) is 9.02. The van der Waals surface area contributed by atoms with E-state index in [9.17, 15) is 4.39 Å². The summed E-state index contributed by atoms with van der Waals surface area (Å²) in [4.78, 5) is 7.44. The van der Waals surface area contributed by atoms with Crippen molar-refractivity contribution in [3.63, 3.8) is 0 Å². The summed E-state index contributed by atoms with van der Waals surface area (Å²) in [6.07, 6.45) is 3.93. The first-order valence-corrected chi connectivity index (χ1v) is 9.02. The Morgan fingerprint density at radius 3 is 2.96 bits per heavy atom. The SMILES string of the molecule is CN=C(NCCc1c[nH]c2cc(F)ccc12)NCC1Cc2ccccc21. The van der Waals surface area contributed by atoms with Gasteiger partial charge in [-0.2, -0.15) is 0 Å². The van der Waals surface area contributed by atoms with E-state index in [0.29, 0.717) is 5.92 Å². The molecule has 0 aliphatic heterocycles. The zero-order chi connectivity index (χ0) is 17.9. The number of nitrogens with one attached hydrogen (secondary N) is 3. The summed E-state index contributed by atoms with van der Waals surface area (Å²) in [6, 6.07) is 13.5. The maximum absolute atomic E-state index is 13.3. The molecule has 26 heavy (non-hydrogen) atoms. The Hall–Kier alpha value is -2.82. The average Bonchev–Trinajstić information content (AvgIpc) is 3.03. The molecule has 2 aromatic carbocycles. The summed E-state index contributed by atoms with van der Waals surface area (Å²) in [5.74, 6) is 1.17. The fourth-order valence-corrected chi connectivity index (χ4v) is 3.67. The minimum Gasteiger partial charge on any atom is -0.361 e. The lowest BCUT2D eigenvalue weighted by atomic mass is 9.78. The summed E-state index contributed by atoms with van der Waals surface area (Å²) in [7, 11) is 1.79. The van der Waals surface area contributed by atoms with Gasteiger partial charge in [-0.3, -0.25) is 4.99 Å². The van der Waals surface area contributed by atoms with E-state index in [1.165, 1.54) is 28.8 Å². The van der Waals surface area contributed by atoms with Crippen molar-refractivity contribution in [1.82, 2.24) is 15.6 Å². The Bertz CT molecular complexity index is 944. The van der Waals surface area contributed by atoms with E-state index in [-0.39, 0.29) is 5.82 Å². The number of benzene rings is 2. The number of halogens is 1. The molecule has 1 aliphatic carbocycles. The summed E-state index contributed by atoms with van der Waals surface area (Å²) >= 11 is 0. The minimum atomic E-state index is -0.216. The Labute approximate surface area is 152 Å². The molecule has 0 saturated carbocycles. The molecule has 3 aromatic rings. The molecule has 5 heteroatoms. The molecule has 1 atom stereocenters. The van der Waals surface area contributed by atoms with Crippen LogP contribution in [0.4, 0.5) is 4.39 Å². The highest BCUT2D eigenvalue weighted by molar-refractivity contribution is 5.83. The number of aromatic amines is 1. The number of fused-ring (bicyclic) bond motifs is 2. The van der Waals surface area contributed by atoms with Gasteiger partial charge >= 0.3 is 0 Å². The fourth-order valence-electron chi connectivity index (χ4n) is 3.67. The second-order valence-corrected chi connectivity index (χ2v) is 6.73. The Morgan fingerprint density at radius 2 is 2.12 bits per heavy atom. The normalized spacial score (nSPS) is 16.2. The molecule has 1 aromatic heterocycles. The molecule has 1 unspecified atom stereocenters. The van der Waals surface area contributed by atoms with E-state index in [1.807, 2.05) is 12.3 Å². The lowest BCUT2D eigenvalue weighted by molar-refractivity contribution is 0.584. The lowest BCUT2D eigenvalue weighted by Gasteiger charge is -2.30. The number of aromatic nitrogens is 1. The van der Waals surface area contributed by atoms with Crippen LogP contribution >= 0.6 is 0 Å². The maximum atomic E-state index is 13.3. The molecule has 0 spiro atoms. The van der Waals surface area contributed by atoms with Crippen LogP contribution in [0, 0.1) is 5.82 Å². The van der Waals surface area contributed by atoms with Crippen molar-refractivity contribution < 1.29 is 4.39 Å². The van der Waals surface area contributed by atoms with Crippen LogP contribution in [-0.4, -0.2) is 31.1 Å². The maximum Gasteiger partial charge on any atom is 0.191 e. The molecular weight excluding hydrogens is 327 g/mol. The van der Waals surface area contributed by atoms with Crippen LogP contribution in [0.5, 0.6) is 0 Å². The van der Waals surface area contributed by atoms with Gasteiger partial charge in [-0.05, 0) is 47.7 Å². The molecule has 3 N–H and O–H groups in total. The van der Waals surface area contributed by atoms with Crippen LogP contribution in [-0.2, 0) is 12.8 Å². The van der Waals surface area contributed by atoms with Crippen molar-refractivity contribution in [2.75, 3.05) is 20.1 Å². The summed E-state index contributed by atoms with van der Waals surface area (Å²) < 4.78 is 13.3. The van der Waals surface area contributed by atoms with E-state index >= 15 is 0 Å². The third kappa shape index (κ3) is 3.29. The van der Waals surface area contributed by atoms with Crippen LogP contribution in [0.15, 0.2) is 53.7 Å². The van der Waals surface area contributed by atoms with Gasteiger partial charge in [-0.1, -0.05) is 24.3 Å². The zero-order valence-electron chi connectivity index (χ0n) is 14.8. The second kappa shape index (κ2) is 7.20. The van der Waals surface area contributed by atoms with Gasteiger partial charge in [0.15, 0.2) is 5.96 Å². The van der Waals surface area contributed by atoms with Crippen molar-refractivity contribution in [2.45, 2.75) is 18.8 Å². The fraction of sp³-hybridized carbons (Fsp3) is 0.286. The summed E-state index contributed by atoms with van der Waals surface area (Å²) in [5.41, 5.74) is 4.92. The quantitative estimate of drug-likeness (QED) is 0.488. The number of rotatable bonds is 5. The number of hydrogen-bond acceptors (Lipinski definition) is 1. The van der Waals surface area contributed by atoms with Crippen molar-refractivity contribution in [3.8, 4) is 0 Å². The number of guanidine groups is 1. The van der Waals surface area contributed by atoms with Gasteiger partial charge in [0.2, 0.25) is 0 Å². The van der Waals surface area contributed by atoms with Gasteiger partial charge in [-0.25, -0.2) is 4.39 Å². The van der Waals surface area contributed by atoms with Crippen molar-refractivity contribution >= 4 is 16.9 Å². The third-order valence-corrected chi connectivity index (χ3v) is 5.12. The van der Waals surface area contributed by atoms with E-state index in [4.69, 9.17) is 0 Å². The molecule has 0 radical (unpaired) electrons. The number of hydrogen-bond donors (Lipinski definition) is 3. The highest BCUT2D eigenvalue weighted by Gasteiger charge is 2.25. The van der Waals surface area contributed by atoms with Gasteiger partial charge in [0.1, 0.15) is 5.82 Å². The molecule has 0 saturated heterocycles. The molecule has 4 rings (SSSR count). The van der Waals surface area contributed by atoms with Crippen LogP contribution < -0.4 is 10.6 Å². The third-order valence-electron chi connectivity index (χ3n) is 5.12. The molecule has 0 amide bonds. The summed E-state index contributed by atoms with van der Waals surface area (Å²) in [5, 5.41) is 7.85. The monoisotopic (exact) mass is 350 g/mol. The lowest BCUT2D eigenvalue weighted by Crippen LogP contribution is -2.41. The molecule has 0 bridgehead atoms. The van der Waals surface area contributed by atoms with E-state index in [1.54, 1.807) is 7.05 Å². The number of H-pyrrole nitrogens is 1. The van der Waals surface area contributed by atoms with Gasteiger partial charge in [0.05, 0.1) is 0 Å². The molecule has 4 nitrogen and oxygen atoms in total. The first kappa shape index (κ1) is 16.6. The van der Waals surface area contributed by atoms with Crippen molar-refractivity contribution in [1.29, 1.82) is 0 Å². The van der Waals surface area contributed by atoms with E-state index < -0.39 is 0 Å². The molecule has 1 heterocycles. The van der Waals surface area contributed by atoms with E-state index in [0.717, 1.165) is 42.8 Å². The van der Waals surface area contributed by atoms with Crippen LogP contribution in [0.25, 0.3) is 10.9 Å². The molecule has 1 aliphatic rings. The first-order chi connectivity index (χ1) is 12.7. The van der Waals surface area contributed by atoms with Crippen LogP contribution in [0.1, 0.15) is 22.6 Å². The second-order valence-electron chi connectivity index (χ2n) is 6.73. The van der Waals surface area contributed by atoms with Gasteiger partial charge in [-0.15, -0.1) is 0 Å². The zero-order valence-corrected chi connectivity index (χ0v) is 14.8. The van der Waals surface area contributed by atoms with Crippen LogP contribution in [0.3, 0.4) is 0 Å². The highest BCUT2D eigenvalue weighted by atomic mass is 19.1. The Morgan fingerprint density at radius 1 is 1.23 bits per heavy atom. The van der Waals surface area contributed by atoms with Gasteiger partial charge in [0, 0.05) is 43.2 Å². The highest BCUT2D eigenvalue weighted by Crippen LogP contribution is 2.33. The largest absolute Gasteiger partial charge is 0.361 e. The number of nitrogens with zero attached hydrogens (tertiary/aromatic N) is 1. The number of aliphatic imine (C=N–C) groups is 1. The summed E-state index contributed by atoms with van der Waals surface area (Å²) in [6.45, 7) is 1.66. The van der Waals surface area contributed by atoms with Crippen molar-refractivity contribution in [3.05, 3.63) is 71.2 Å². The average molecular weight is 350 g/mol. The standard InChI is InChI=1S/C21H23FN4/c1-23-21(26-13-16-10-14-4-2-3-5-18(14)16)24-9-8-15-12-25-20-11-17(22)6-7-19(15)20/h2-7,11-12,16,25H,8-10,13H2,1H3,(H2,23,24,26). The predicted molar refractivity (Wildman–Crippen MR) is 104 cm³/mol. The van der Waals surface area contributed by atoms with Crippen LogP contribution in [0.2, 0.25) is 0 Å². The molecular formula is C21H23FN4. The molecule has 0 fully saturated rings. The minimum absolute atomic E-state index is 0.216. The van der Waals surface area contributed by atoms with E-state index in [2.05, 4.69) is 44.9 Å². The predicted octanol–water partition coefficient (Wildman–Crippen LogP) is 3.35. The Balaban J connectivity index is 1.28. The smallest absolute Gasteiger partial charge is 0.191 e. The Kier molecular flexibility index (Phi) is 4.61. The molecule has 134 valence electrons. The topological polar surface area (TPSA) is 52.2 Å². The van der Waals surface area contributed by atoms with Gasteiger partial charge < -0.3 is 15.6 Å². The van der Waals surface area contributed by atoms with Crippen molar-refractivity contribution in [2.24, 2.45) is 4.99 Å².